The Kier molecular flexibility index (Phi) is 7.86. The Morgan fingerprint density at radius 1 is 1.23 bits per heavy atom. The Morgan fingerprint density at radius 2 is 1.73 bits per heavy atom. The largest absolute Gasteiger partial charge is 0.473 e. The molecule has 1 aliphatic rings. The molecule has 1 aliphatic heterocycles. The summed E-state index contributed by atoms with van der Waals surface area (Å²) in [5.41, 5.74) is -0.00968. The first-order valence-electron chi connectivity index (χ1n) is 7.06. The van der Waals surface area contributed by atoms with Crippen molar-refractivity contribution < 1.29 is 29.3 Å². The molecule has 2 N–H and O–H groups in total. The van der Waals surface area contributed by atoms with Gasteiger partial charge in [-0.05, 0) is 47.7 Å². The number of carbonyl (C=O) groups is 3. The van der Waals surface area contributed by atoms with Gasteiger partial charge >= 0.3 is 18.0 Å². The number of rotatable bonds is 4. The van der Waals surface area contributed by atoms with Crippen molar-refractivity contribution in [3.05, 3.63) is 0 Å². The Bertz CT molecular complexity index is 396. The van der Waals surface area contributed by atoms with Crippen LogP contribution in [0.25, 0.3) is 0 Å². The van der Waals surface area contributed by atoms with Gasteiger partial charge in [0, 0.05) is 18.1 Å². The first-order chi connectivity index (χ1) is 9.99. The van der Waals surface area contributed by atoms with Gasteiger partial charge in [-0.25, -0.2) is 14.4 Å². The van der Waals surface area contributed by atoms with Crippen molar-refractivity contribution in [3.8, 4) is 0 Å². The van der Waals surface area contributed by atoms with Crippen LogP contribution >= 0.6 is 0 Å². The van der Waals surface area contributed by atoms with Gasteiger partial charge in [-0.3, -0.25) is 0 Å². The lowest BCUT2D eigenvalue weighted by molar-refractivity contribution is -0.159. The Labute approximate surface area is 130 Å². The maximum absolute atomic E-state index is 11.7. The molecular weight excluding hydrogens is 292 g/mol. The molecule has 1 fully saturated rings. The third-order valence-corrected chi connectivity index (χ3v) is 3.72. The fraction of sp³-hybridized carbons (Fsp3) is 0.786. The fourth-order valence-corrected chi connectivity index (χ4v) is 1.66. The van der Waals surface area contributed by atoms with Crippen molar-refractivity contribution in [1.82, 2.24) is 9.80 Å². The topological polar surface area (TPSA) is 107 Å². The number of carboxylic acids is 2. The molecule has 1 rings (SSSR count). The second-order valence-electron chi connectivity index (χ2n) is 6.04. The molecule has 0 aromatic carbocycles. The first kappa shape index (κ1) is 20.2. The highest BCUT2D eigenvalue weighted by Crippen LogP contribution is 2.29. The third kappa shape index (κ3) is 6.75. The zero-order valence-electron chi connectivity index (χ0n) is 13.8. The maximum Gasteiger partial charge on any atom is 0.414 e. The molecule has 0 spiro atoms. The van der Waals surface area contributed by atoms with E-state index in [1.165, 1.54) is 0 Å². The van der Waals surface area contributed by atoms with E-state index in [2.05, 4.69) is 25.7 Å². The van der Waals surface area contributed by atoms with Gasteiger partial charge < -0.3 is 24.7 Å². The molecule has 8 heteroatoms. The summed E-state index contributed by atoms with van der Waals surface area (Å²) in [4.78, 5) is 33.8. The van der Waals surface area contributed by atoms with E-state index in [4.69, 9.17) is 24.5 Å². The zero-order valence-corrected chi connectivity index (χ0v) is 13.8. The van der Waals surface area contributed by atoms with Crippen LogP contribution in [0.4, 0.5) is 4.79 Å². The van der Waals surface area contributed by atoms with Crippen LogP contribution in [-0.2, 0) is 14.3 Å². The average molecular weight is 318 g/mol. The standard InChI is InChI=1S/C12H24N2O2.C2H2O4/c1-10(13(4)5)6-9-16-11(15)14-8-7-12(14,2)3;3-1(4)2(5)6/h10H,6-9H2,1-5H3;(H,3,4)(H,5,6). The van der Waals surface area contributed by atoms with Crippen molar-refractivity contribution >= 4 is 18.0 Å². The summed E-state index contributed by atoms with van der Waals surface area (Å²) >= 11 is 0. The molecule has 0 aromatic rings. The molecule has 8 nitrogen and oxygen atoms in total. The van der Waals surface area contributed by atoms with Gasteiger partial charge in [-0.2, -0.15) is 0 Å². The highest BCUT2D eigenvalue weighted by molar-refractivity contribution is 6.27. The van der Waals surface area contributed by atoms with Crippen LogP contribution in [0.2, 0.25) is 0 Å². The monoisotopic (exact) mass is 318 g/mol. The van der Waals surface area contributed by atoms with Crippen LogP contribution in [0.3, 0.4) is 0 Å². The van der Waals surface area contributed by atoms with Crippen LogP contribution in [0.15, 0.2) is 0 Å². The lowest BCUT2D eigenvalue weighted by atomic mass is 9.90. The molecule has 1 amide bonds. The number of carbonyl (C=O) groups excluding carboxylic acids is 1. The van der Waals surface area contributed by atoms with Crippen molar-refractivity contribution in [2.24, 2.45) is 0 Å². The predicted molar refractivity (Wildman–Crippen MR) is 79.8 cm³/mol. The predicted octanol–water partition coefficient (Wildman–Crippen LogP) is 1.10. The summed E-state index contributed by atoms with van der Waals surface area (Å²) in [6.07, 6.45) is 1.78. The number of nitrogens with zero attached hydrogens (tertiary/aromatic N) is 2. The van der Waals surface area contributed by atoms with Crippen molar-refractivity contribution in [3.63, 3.8) is 0 Å². The molecule has 0 aliphatic carbocycles. The lowest BCUT2D eigenvalue weighted by Gasteiger charge is -2.47. The minimum absolute atomic E-state index is 0.00968. The lowest BCUT2D eigenvalue weighted by Crippen LogP contribution is -2.58. The normalized spacial score (nSPS) is 16.9. The van der Waals surface area contributed by atoms with E-state index in [-0.39, 0.29) is 11.6 Å². The van der Waals surface area contributed by atoms with E-state index in [0.717, 1.165) is 19.4 Å². The second-order valence-corrected chi connectivity index (χ2v) is 6.04. The Morgan fingerprint density at radius 3 is 2.00 bits per heavy atom. The van der Waals surface area contributed by atoms with Gasteiger partial charge in [0.1, 0.15) is 0 Å². The maximum atomic E-state index is 11.7. The average Bonchev–Trinajstić information content (AvgIpc) is 2.37. The molecular formula is C14H26N2O6. The molecule has 1 saturated heterocycles. The second kappa shape index (κ2) is 8.57. The third-order valence-electron chi connectivity index (χ3n) is 3.72. The number of hydrogen-bond acceptors (Lipinski definition) is 5. The van der Waals surface area contributed by atoms with Gasteiger partial charge in [-0.15, -0.1) is 0 Å². The Balaban J connectivity index is 0.000000626. The van der Waals surface area contributed by atoms with Crippen LogP contribution < -0.4 is 0 Å². The number of carboxylic acid groups (broad SMARTS) is 2. The molecule has 1 unspecified atom stereocenters. The van der Waals surface area contributed by atoms with Crippen molar-refractivity contribution in [2.45, 2.75) is 45.2 Å². The number of ether oxygens (including phenoxy) is 1. The number of aliphatic carboxylic acids is 2. The summed E-state index contributed by atoms with van der Waals surface area (Å²) < 4.78 is 5.26. The highest BCUT2D eigenvalue weighted by Gasteiger charge is 2.40. The molecule has 0 saturated carbocycles. The number of amides is 1. The van der Waals surface area contributed by atoms with Crippen LogP contribution in [0, 0.1) is 0 Å². The number of likely N-dealkylation sites (tertiary alicyclic amines) is 1. The van der Waals surface area contributed by atoms with E-state index in [1.807, 2.05) is 14.1 Å². The van der Waals surface area contributed by atoms with E-state index in [9.17, 15) is 4.79 Å². The smallest absolute Gasteiger partial charge is 0.414 e. The molecule has 1 heterocycles. The SMILES string of the molecule is CC(CCOC(=O)N1CCC1(C)C)N(C)C.O=C(O)C(=O)O. The van der Waals surface area contributed by atoms with Gasteiger partial charge in [0.15, 0.2) is 0 Å². The van der Waals surface area contributed by atoms with E-state index in [0.29, 0.717) is 12.6 Å². The van der Waals surface area contributed by atoms with E-state index < -0.39 is 11.9 Å². The summed E-state index contributed by atoms with van der Waals surface area (Å²) in [5.74, 6) is -3.65. The van der Waals surface area contributed by atoms with Crippen LogP contribution in [0.1, 0.15) is 33.6 Å². The minimum Gasteiger partial charge on any atom is -0.473 e. The Hall–Kier alpha value is -1.83. The van der Waals surface area contributed by atoms with Crippen molar-refractivity contribution in [2.75, 3.05) is 27.2 Å². The van der Waals surface area contributed by atoms with E-state index >= 15 is 0 Å². The molecule has 0 aromatic heterocycles. The van der Waals surface area contributed by atoms with Gasteiger partial charge in [-0.1, -0.05) is 0 Å². The quantitative estimate of drug-likeness (QED) is 0.747. The fourth-order valence-electron chi connectivity index (χ4n) is 1.66. The van der Waals surface area contributed by atoms with Crippen LogP contribution in [0.5, 0.6) is 0 Å². The first-order valence-corrected chi connectivity index (χ1v) is 7.06. The highest BCUT2D eigenvalue weighted by atomic mass is 16.6. The molecule has 22 heavy (non-hydrogen) atoms. The summed E-state index contributed by atoms with van der Waals surface area (Å²) in [7, 11) is 4.07. The molecule has 1 atom stereocenters. The zero-order chi connectivity index (χ0) is 17.5. The van der Waals surface area contributed by atoms with E-state index in [1.54, 1.807) is 4.90 Å². The summed E-state index contributed by atoms with van der Waals surface area (Å²) in [6, 6.07) is 0.442. The summed E-state index contributed by atoms with van der Waals surface area (Å²) in [6.45, 7) is 7.60. The van der Waals surface area contributed by atoms with Gasteiger partial charge in [0.05, 0.1) is 6.61 Å². The minimum atomic E-state index is -1.82. The summed E-state index contributed by atoms with van der Waals surface area (Å²) in [5, 5.41) is 14.8. The van der Waals surface area contributed by atoms with Gasteiger partial charge in [0.2, 0.25) is 0 Å². The number of hydrogen-bond donors (Lipinski definition) is 2. The van der Waals surface area contributed by atoms with Crippen LogP contribution in [-0.4, -0.2) is 76.9 Å². The molecule has 0 bridgehead atoms. The molecule has 128 valence electrons. The van der Waals surface area contributed by atoms with Crippen molar-refractivity contribution in [1.29, 1.82) is 0 Å². The van der Waals surface area contributed by atoms with Gasteiger partial charge in [0.25, 0.3) is 0 Å². The molecule has 0 radical (unpaired) electrons.